The van der Waals surface area contributed by atoms with Crippen molar-refractivity contribution >= 4 is 19.9 Å². The number of hydrogen-bond acceptors (Lipinski definition) is 3. The summed E-state index contributed by atoms with van der Waals surface area (Å²) in [5.41, 5.74) is 8.62. The van der Waals surface area contributed by atoms with E-state index in [0.717, 1.165) is 0 Å². The number of primary amides is 1. The fourth-order valence-corrected chi connectivity index (χ4v) is 2.52. The highest BCUT2D eigenvalue weighted by molar-refractivity contribution is 6.87. The van der Waals surface area contributed by atoms with Crippen molar-refractivity contribution in [3.05, 3.63) is 0 Å². The quantitative estimate of drug-likeness (QED) is 0.508. The third-order valence-corrected chi connectivity index (χ3v) is 8.79. The van der Waals surface area contributed by atoms with Crippen LogP contribution in [-0.4, -0.2) is 37.1 Å². The molecule has 23 heavy (non-hydrogen) atoms. The summed E-state index contributed by atoms with van der Waals surface area (Å²) in [5, 5.41) is 12.4. The summed E-state index contributed by atoms with van der Waals surface area (Å²) in [6.45, 7) is 14.6. The molecule has 0 aliphatic heterocycles. The third-order valence-electron chi connectivity index (χ3n) is 4.24. The third kappa shape index (κ3) is 7.66. The molecule has 0 spiro atoms. The van der Waals surface area contributed by atoms with E-state index in [2.05, 4.69) is 50.6 Å². The number of aliphatic hydroxyl groups excluding tert-OH is 1. The number of nitrogens with one attached hydrogen (secondary N) is 1. The number of rotatable bonds is 6. The van der Waals surface area contributed by atoms with Gasteiger partial charge in [0.1, 0.15) is 20.2 Å². The van der Waals surface area contributed by atoms with Crippen LogP contribution in [0.4, 0.5) is 0 Å². The minimum Gasteiger partial charge on any atom is -0.383 e. The van der Waals surface area contributed by atoms with E-state index in [1.807, 2.05) is 13.8 Å². The molecule has 0 radical (unpaired) electrons. The molecule has 0 aliphatic carbocycles. The average molecular weight is 341 g/mol. The van der Waals surface area contributed by atoms with E-state index in [0.29, 0.717) is 6.42 Å². The van der Waals surface area contributed by atoms with Gasteiger partial charge in [-0.3, -0.25) is 9.59 Å². The first-order valence-corrected chi connectivity index (χ1v) is 11.1. The number of carbonyl (C=O) groups excluding carboxylic acids is 2. The van der Waals surface area contributed by atoms with Gasteiger partial charge in [0.2, 0.25) is 11.8 Å². The van der Waals surface area contributed by atoms with Gasteiger partial charge in [0, 0.05) is 6.42 Å². The van der Waals surface area contributed by atoms with E-state index in [1.165, 1.54) is 0 Å². The van der Waals surface area contributed by atoms with Crippen LogP contribution in [0.25, 0.3) is 0 Å². The lowest BCUT2D eigenvalue weighted by atomic mass is 10.0. The van der Waals surface area contributed by atoms with Crippen LogP contribution in [0.1, 0.15) is 47.5 Å². The summed E-state index contributed by atoms with van der Waals surface area (Å²) in [6, 6.07) is -0.874. The van der Waals surface area contributed by atoms with Crippen molar-refractivity contribution in [3.63, 3.8) is 0 Å². The topological polar surface area (TPSA) is 92.4 Å². The Morgan fingerprint density at radius 1 is 1.26 bits per heavy atom. The molecule has 0 fully saturated rings. The second-order valence-electron chi connectivity index (χ2n) is 7.99. The molecule has 0 heterocycles. The van der Waals surface area contributed by atoms with Crippen molar-refractivity contribution in [3.8, 4) is 11.5 Å². The summed E-state index contributed by atoms with van der Waals surface area (Å²) in [5.74, 6) is 1.98. The van der Waals surface area contributed by atoms with Crippen molar-refractivity contribution in [2.45, 2.75) is 77.7 Å². The Hall–Kier alpha value is -1.32. The lowest BCUT2D eigenvalue weighted by molar-refractivity contribution is -0.133. The number of nitrogens with two attached hydrogens (primary N) is 1. The fraction of sp³-hybridized carbons (Fsp3) is 0.765. The zero-order valence-electron chi connectivity index (χ0n) is 15.5. The van der Waals surface area contributed by atoms with Crippen LogP contribution >= 0.6 is 0 Å². The molecule has 5 nitrogen and oxygen atoms in total. The second-order valence-corrected chi connectivity index (χ2v) is 13.0. The number of aliphatic hydroxyl groups is 1. The molecule has 0 aromatic rings. The Labute approximate surface area is 141 Å². The fourth-order valence-electron chi connectivity index (χ4n) is 1.61. The van der Waals surface area contributed by atoms with E-state index >= 15 is 0 Å². The highest BCUT2D eigenvalue weighted by Gasteiger charge is 2.33. The molecular weight excluding hydrogens is 308 g/mol. The molecule has 0 unspecified atom stereocenters. The maximum Gasteiger partial charge on any atom is 0.249 e. The second kappa shape index (κ2) is 8.51. The predicted molar refractivity (Wildman–Crippen MR) is 96.2 cm³/mol. The molecule has 0 aromatic heterocycles. The highest BCUT2D eigenvalue weighted by Crippen LogP contribution is 2.35. The van der Waals surface area contributed by atoms with Crippen molar-refractivity contribution in [2.24, 2.45) is 11.7 Å². The zero-order valence-corrected chi connectivity index (χ0v) is 16.5. The summed E-state index contributed by atoms with van der Waals surface area (Å²) in [7, 11) is -1.77. The summed E-state index contributed by atoms with van der Waals surface area (Å²) < 4.78 is 0. The minimum atomic E-state index is -1.77. The highest BCUT2D eigenvalue weighted by atomic mass is 28.3. The SMILES string of the molecule is CC(C)C[C@@H](O)C(=O)N[C@@H](CC#C[Si](C)(C)C(C)(C)C)C(N)=O. The Kier molecular flexibility index (Phi) is 8.02. The largest absolute Gasteiger partial charge is 0.383 e. The molecule has 0 saturated carbocycles. The molecule has 6 heteroatoms. The molecule has 2 amide bonds. The molecule has 132 valence electrons. The molecule has 0 aliphatic rings. The van der Waals surface area contributed by atoms with Gasteiger partial charge < -0.3 is 16.2 Å². The average Bonchev–Trinajstić information content (AvgIpc) is 2.34. The van der Waals surface area contributed by atoms with Crippen molar-refractivity contribution in [1.82, 2.24) is 5.32 Å². The van der Waals surface area contributed by atoms with Crippen LogP contribution < -0.4 is 11.1 Å². The van der Waals surface area contributed by atoms with Crippen LogP contribution in [0.5, 0.6) is 0 Å². The van der Waals surface area contributed by atoms with E-state index in [-0.39, 0.29) is 17.4 Å². The first-order chi connectivity index (χ1) is 10.3. The van der Waals surface area contributed by atoms with Gasteiger partial charge in [0.05, 0.1) is 0 Å². The van der Waals surface area contributed by atoms with Gasteiger partial charge in [-0.1, -0.05) is 47.7 Å². The molecule has 0 aromatic carbocycles. The summed E-state index contributed by atoms with van der Waals surface area (Å²) in [4.78, 5) is 23.4. The van der Waals surface area contributed by atoms with Crippen molar-refractivity contribution in [2.75, 3.05) is 0 Å². The van der Waals surface area contributed by atoms with Crippen LogP contribution in [0.2, 0.25) is 18.1 Å². The van der Waals surface area contributed by atoms with Crippen LogP contribution in [-0.2, 0) is 9.59 Å². The van der Waals surface area contributed by atoms with Crippen LogP contribution in [0.15, 0.2) is 0 Å². The van der Waals surface area contributed by atoms with E-state index in [9.17, 15) is 14.7 Å². The molecule has 4 N–H and O–H groups in total. The van der Waals surface area contributed by atoms with Gasteiger partial charge in [-0.2, -0.15) is 0 Å². The van der Waals surface area contributed by atoms with E-state index in [4.69, 9.17) is 5.73 Å². The maximum atomic E-state index is 11.9. The normalized spacial score (nSPS) is 14.7. The van der Waals surface area contributed by atoms with Gasteiger partial charge >= 0.3 is 0 Å². The van der Waals surface area contributed by atoms with Crippen molar-refractivity contribution < 1.29 is 14.7 Å². The lowest BCUT2D eigenvalue weighted by Crippen LogP contribution is -2.48. The van der Waals surface area contributed by atoms with Crippen LogP contribution in [0, 0.1) is 17.4 Å². The standard InChI is InChI=1S/C17H32N2O3Si/c1-12(2)11-14(20)16(22)19-13(15(18)21)9-8-10-23(6,7)17(3,4)5/h12-14,20H,9,11H2,1-7H3,(H2,18,21)(H,19,22)/t13-,14+/m0/s1. The van der Waals surface area contributed by atoms with Crippen LogP contribution in [0.3, 0.4) is 0 Å². The minimum absolute atomic E-state index is 0.124. The molecular formula is C17H32N2O3Si. The van der Waals surface area contributed by atoms with Gasteiger partial charge in [-0.25, -0.2) is 0 Å². The maximum absolute atomic E-state index is 11.9. The number of amides is 2. The molecule has 2 atom stereocenters. The Balaban J connectivity index is 4.87. The van der Waals surface area contributed by atoms with Gasteiger partial charge in [0.15, 0.2) is 0 Å². The number of hydrogen-bond donors (Lipinski definition) is 3. The smallest absolute Gasteiger partial charge is 0.249 e. The lowest BCUT2D eigenvalue weighted by Gasteiger charge is -2.31. The Bertz CT molecular complexity index is 484. The zero-order chi connectivity index (χ0) is 18.4. The summed E-state index contributed by atoms with van der Waals surface area (Å²) >= 11 is 0. The summed E-state index contributed by atoms with van der Waals surface area (Å²) in [6.07, 6.45) is -0.625. The molecule has 0 saturated heterocycles. The van der Waals surface area contributed by atoms with Gasteiger partial charge in [-0.05, 0) is 17.4 Å². The molecule has 0 rings (SSSR count). The van der Waals surface area contributed by atoms with Gasteiger partial charge in [0.25, 0.3) is 0 Å². The first-order valence-electron chi connectivity index (χ1n) is 8.05. The van der Waals surface area contributed by atoms with Crippen molar-refractivity contribution in [1.29, 1.82) is 0 Å². The van der Waals surface area contributed by atoms with E-state index in [1.54, 1.807) is 0 Å². The monoisotopic (exact) mass is 340 g/mol. The van der Waals surface area contributed by atoms with E-state index < -0.39 is 32.0 Å². The predicted octanol–water partition coefficient (Wildman–Crippen LogP) is 1.80. The molecule has 0 bridgehead atoms. The Morgan fingerprint density at radius 2 is 1.78 bits per heavy atom. The van der Waals surface area contributed by atoms with Gasteiger partial charge in [-0.15, -0.1) is 11.5 Å². The number of carbonyl (C=O) groups is 2. The Morgan fingerprint density at radius 3 is 2.17 bits per heavy atom. The first kappa shape index (κ1) is 21.7.